The zero-order valence-electron chi connectivity index (χ0n) is 20.4. The van der Waals surface area contributed by atoms with Gasteiger partial charge >= 0.3 is 0 Å². The highest BCUT2D eigenvalue weighted by molar-refractivity contribution is 5.97. The molecule has 0 bridgehead atoms. The molecular weight excluding hydrogens is 436 g/mol. The minimum Gasteiger partial charge on any atom is -0.365 e. The smallest absolute Gasteiger partial charge is 0.180 e. The van der Waals surface area contributed by atoms with E-state index >= 15 is 0 Å². The van der Waals surface area contributed by atoms with Crippen molar-refractivity contribution in [1.82, 2.24) is 0 Å². The summed E-state index contributed by atoms with van der Waals surface area (Å²) in [7, 11) is 0. The second kappa shape index (κ2) is 8.54. The van der Waals surface area contributed by atoms with Gasteiger partial charge in [0.15, 0.2) is 11.6 Å². The van der Waals surface area contributed by atoms with Gasteiger partial charge in [-0.3, -0.25) is 9.59 Å². The van der Waals surface area contributed by atoms with Crippen molar-refractivity contribution in [2.75, 3.05) is 0 Å². The molecule has 0 amide bonds. The second-order valence-corrected chi connectivity index (χ2v) is 10.9. The topological polar surface area (TPSA) is 63.6 Å². The summed E-state index contributed by atoms with van der Waals surface area (Å²) in [6.45, 7) is 3.99. The third-order valence-electron chi connectivity index (χ3n) is 7.89. The van der Waals surface area contributed by atoms with Gasteiger partial charge < -0.3 is 9.84 Å². The van der Waals surface area contributed by atoms with Gasteiger partial charge in [-0.25, -0.2) is 0 Å². The Labute approximate surface area is 207 Å². The third-order valence-corrected chi connectivity index (χ3v) is 7.89. The highest BCUT2D eigenvalue weighted by Crippen LogP contribution is 2.65. The van der Waals surface area contributed by atoms with Gasteiger partial charge in [-0.1, -0.05) is 105 Å². The van der Waals surface area contributed by atoms with Crippen molar-refractivity contribution < 1.29 is 19.4 Å². The fraction of sp³-hybridized carbons (Fsp3) is 0.355. The zero-order chi connectivity index (χ0) is 24.7. The first-order valence-electron chi connectivity index (χ1n) is 12.4. The average molecular weight is 469 g/mol. The van der Waals surface area contributed by atoms with Crippen LogP contribution < -0.4 is 0 Å². The maximum atomic E-state index is 14.0. The van der Waals surface area contributed by atoms with Crippen molar-refractivity contribution in [1.29, 1.82) is 0 Å². The molecule has 1 aliphatic carbocycles. The predicted octanol–water partition coefficient (Wildman–Crippen LogP) is 6.08. The van der Waals surface area contributed by atoms with Crippen molar-refractivity contribution >= 4 is 11.6 Å². The van der Waals surface area contributed by atoms with E-state index in [1.54, 1.807) is 12.1 Å². The Hall–Kier alpha value is -3.08. The number of Topliss-reactive ketones (excluding diaryl/α,β-unsaturated/α-hetero) is 2. The molecule has 0 radical (unpaired) electrons. The van der Waals surface area contributed by atoms with Gasteiger partial charge in [-0.2, -0.15) is 0 Å². The van der Waals surface area contributed by atoms with Gasteiger partial charge in [-0.15, -0.1) is 0 Å². The van der Waals surface area contributed by atoms with Crippen molar-refractivity contribution in [2.45, 2.75) is 57.3 Å². The molecule has 0 spiro atoms. The van der Waals surface area contributed by atoms with Crippen LogP contribution in [-0.4, -0.2) is 22.5 Å². The van der Waals surface area contributed by atoms with Crippen LogP contribution in [0.3, 0.4) is 0 Å². The average Bonchev–Trinajstić information content (AvgIpc) is 3.14. The lowest BCUT2D eigenvalue weighted by atomic mass is 9.57. The molecule has 2 fully saturated rings. The molecule has 35 heavy (non-hydrogen) atoms. The van der Waals surface area contributed by atoms with Crippen LogP contribution in [0.25, 0.3) is 0 Å². The number of aliphatic hydroxyl groups is 1. The summed E-state index contributed by atoms with van der Waals surface area (Å²) in [5, 5.41) is 12.3. The van der Waals surface area contributed by atoms with Crippen molar-refractivity contribution in [3.05, 3.63) is 108 Å². The Morgan fingerprint density at radius 2 is 1.34 bits per heavy atom. The summed E-state index contributed by atoms with van der Waals surface area (Å²) in [5.41, 5.74) is -0.182. The van der Waals surface area contributed by atoms with E-state index in [1.807, 2.05) is 92.7 Å². The van der Waals surface area contributed by atoms with Crippen LogP contribution in [0.4, 0.5) is 0 Å². The summed E-state index contributed by atoms with van der Waals surface area (Å²) in [6, 6.07) is 28.8. The summed E-state index contributed by atoms with van der Waals surface area (Å²) in [6.07, 6.45) is 1.38. The lowest BCUT2D eigenvalue weighted by molar-refractivity contribution is -0.275. The van der Waals surface area contributed by atoms with Gasteiger partial charge in [0.25, 0.3) is 0 Å². The molecule has 4 heteroatoms. The molecule has 1 saturated heterocycles. The minimum atomic E-state index is -1.69. The highest BCUT2D eigenvalue weighted by Gasteiger charge is 2.71. The Morgan fingerprint density at radius 1 is 0.829 bits per heavy atom. The molecule has 1 N–H and O–H groups in total. The number of ether oxygens (including phenoxy) is 1. The molecule has 0 aromatic heterocycles. The minimum absolute atomic E-state index is 0.0224. The lowest BCUT2D eigenvalue weighted by Gasteiger charge is -2.48. The van der Waals surface area contributed by atoms with Gasteiger partial charge in [0.2, 0.25) is 0 Å². The number of hydrogen-bond donors (Lipinski definition) is 1. The van der Waals surface area contributed by atoms with Gasteiger partial charge in [0.1, 0.15) is 11.4 Å². The van der Waals surface area contributed by atoms with Crippen molar-refractivity contribution in [3.8, 4) is 0 Å². The Morgan fingerprint density at radius 3 is 1.89 bits per heavy atom. The van der Waals surface area contributed by atoms with Gasteiger partial charge in [0.05, 0.1) is 5.41 Å². The highest BCUT2D eigenvalue weighted by atomic mass is 16.6. The molecule has 3 aromatic rings. The third kappa shape index (κ3) is 3.95. The SMILES string of the molecule is CC1(C)CC(=O)C2(CCC(=O)c3ccccc3)CC(c3ccccc3)(c3ccccc3)OC2(O)C1. The van der Waals surface area contributed by atoms with E-state index in [0.29, 0.717) is 24.8 Å². The molecule has 1 saturated carbocycles. The Kier molecular flexibility index (Phi) is 5.77. The van der Waals surface area contributed by atoms with E-state index in [0.717, 1.165) is 11.1 Å². The number of carbonyl (C=O) groups is 2. The molecule has 1 heterocycles. The van der Waals surface area contributed by atoms with Crippen LogP contribution in [0.2, 0.25) is 0 Å². The molecule has 4 nitrogen and oxygen atoms in total. The van der Waals surface area contributed by atoms with Crippen LogP contribution >= 0.6 is 0 Å². The van der Waals surface area contributed by atoms with Gasteiger partial charge in [0, 0.05) is 31.2 Å². The first-order chi connectivity index (χ1) is 16.7. The first-order valence-corrected chi connectivity index (χ1v) is 12.4. The standard InChI is InChI=1S/C31H32O4/c1-28(2)20-27(33)29(19-18-26(32)23-12-6-3-7-13-23)22-30(35-31(29,34)21-28,24-14-8-4-9-15-24)25-16-10-5-11-17-25/h3-17,34H,18-22H2,1-2H3. The van der Waals surface area contributed by atoms with E-state index < -0.39 is 22.2 Å². The molecule has 2 aliphatic rings. The van der Waals surface area contributed by atoms with Crippen LogP contribution in [-0.2, 0) is 15.1 Å². The van der Waals surface area contributed by atoms with Crippen LogP contribution in [0, 0.1) is 10.8 Å². The molecule has 3 aromatic carbocycles. The van der Waals surface area contributed by atoms with Gasteiger partial charge in [-0.05, 0) is 23.0 Å². The van der Waals surface area contributed by atoms with Crippen molar-refractivity contribution in [2.24, 2.45) is 10.8 Å². The number of hydrogen-bond acceptors (Lipinski definition) is 4. The monoisotopic (exact) mass is 468 g/mol. The summed E-state index contributed by atoms with van der Waals surface area (Å²) < 4.78 is 6.78. The van der Waals surface area contributed by atoms with E-state index in [2.05, 4.69) is 0 Å². The molecule has 2 unspecified atom stereocenters. The first kappa shape index (κ1) is 23.7. The van der Waals surface area contributed by atoms with E-state index in [4.69, 9.17) is 4.74 Å². The Bertz CT molecular complexity index is 1180. The number of fused-ring (bicyclic) bond motifs is 1. The summed E-state index contributed by atoms with van der Waals surface area (Å²) in [4.78, 5) is 27.0. The predicted molar refractivity (Wildman–Crippen MR) is 135 cm³/mol. The Balaban J connectivity index is 1.62. The molecule has 2 atom stereocenters. The second-order valence-electron chi connectivity index (χ2n) is 10.9. The number of benzene rings is 3. The van der Waals surface area contributed by atoms with Crippen LogP contribution in [0.5, 0.6) is 0 Å². The number of carbonyl (C=O) groups excluding carboxylic acids is 2. The van der Waals surface area contributed by atoms with E-state index in [1.165, 1.54) is 0 Å². The fourth-order valence-electron chi connectivity index (χ4n) is 6.24. The van der Waals surface area contributed by atoms with Crippen LogP contribution in [0.15, 0.2) is 91.0 Å². The maximum absolute atomic E-state index is 14.0. The normalized spacial score (nSPS) is 26.8. The number of rotatable bonds is 6. The molecule has 1 aliphatic heterocycles. The largest absolute Gasteiger partial charge is 0.365 e. The molecule has 5 rings (SSSR count). The maximum Gasteiger partial charge on any atom is 0.180 e. The van der Waals surface area contributed by atoms with Crippen molar-refractivity contribution in [3.63, 3.8) is 0 Å². The van der Waals surface area contributed by atoms with Crippen LogP contribution in [0.1, 0.15) is 67.4 Å². The lowest BCUT2D eigenvalue weighted by Crippen LogP contribution is -2.57. The summed E-state index contributed by atoms with van der Waals surface area (Å²) in [5.74, 6) is -1.74. The summed E-state index contributed by atoms with van der Waals surface area (Å²) >= 11 is 0. The van der Waals surface area contributed by atoms with E-state index in [-0.39, 0.29) is 24.4 Å². The zero-order valence-corrected chi connectivity index (χ0v) is 20.4. The molecule has 180 valence electrons. The number of ketones is 2. The van der Waals surface area contributed by atoms with E-state index in [9.17, 15) is 14.7 Å². The molecular formula is C31H32O4. The quantitative estimate of drug-likeness (QED) is 0.446. The fourth-order valence-corrected chi connectivity index (χ4v) is 6.24.